The Kier molecular flexibility index (Phi) is 10.3. The lowest BCUT2D eigenvalue weighted by atomic mass is 9.99. The minimum Gasteiger partial charge on any atom is -0.437 e. The van der Waals surface area contributed by atoms with Crippen molar-refractivity contribution in [2.45, 2.75) is 26.2 Å². The van der Waals surface area contributed by atoms with Crippen molar-refractivity contribution < 1.29 is 44.0 Å². The molecule has 2 N–H and O–H groups in total. The van der Waals surface area contributed by atoms with Gasteiger partial charge in [-0.3, -0.25) is 18.2 Å². The molecule has 0 unspecified atom stereocenters. The molecule has 0 radical (unpaired) electrons. The van der Waals surface area contributed by atoms with Gasteiger partial charge in [0.1, 0.15) is 23.2 Å². The predicted octanol–water partition coefficient (Wildman–Crippen LogP) is 6.89. The number of nitrogens with zero attached hydrogens (tertiary/aromatic N) is 4. The number of rotatable bonds is 8. The van der Waals surface area contributed by atoms with Gasteiger partial charge >= 0.3 is 0 Å². The zero-order chi connectivity index (χ0) is 42.7. The number of allylic oxidation sites excluding steroid dienone is 2. The molecule has 2 amide bonds. The van der Waals surface area contributed by atoms with E-state index in [1.54, 1.807) is 12.1 Å². The van der Waals surface area contributed by atoms with Crippen LogP contribution in [0.15, 0.2) is 81.7 Å². The Balaban J connectivity index is 1.25. The summed E-state index contributed by atoms with van der Waals surface area (Å²) in [4.78, 5) is 36.0. The van der Waals surface area contributed by atoms with Crippen LogP contribution in [0.4, 0.5) is 20.4 Å². The summed E-state index contributed by atoms with van der Waals surface area (Å²) in [7, 11) is -5.22. The topological polar surface area (TPSA) is 185 Å². The third-order valence-electron chi connectivity index (χ3n) is 10.6. The van der Waals surface area contributed by atoms with Crippen LogP contribution >= 0.6 is 0 Å². The van der Waals surface area contributed by atoms with E-state index in [0.717, 1.165) is 16.1 Å². The highest BCUT2D eigenvalue weighted by Gasteiger charge is 2.34. The van der Waals surface area contributed by atoms with Gasteiger partial charge in [-0.05, 0) is 98.0 Å². The number of sulfonamides is 2. The number of benzene rings is 2. The fraction of sp³-hybridized carbons (Fsp3) is 0.238. The van der Waals surface area contributed by atoms with Crippen molar-refractivity contribution in [3.05, 3.63) is 107 Å². The second-order valence-corrected chi connectivity index (χ2v) is 18.2. The fourth-order valence-electron chi connectivity index (χ4n) is 7.61. The van der Waals surface area contributed by atoms with Crippen LogP contribution in [0, 0.1) is 11.6 Å². The molecule has 0 fully saturated rings. The van der Waals surface area contributed by atoms with Crippen molar-refractivity contribution in [2.24, 2.45) is 0 Å². The zero-order valence-electron chi connectivity index (χ0n) is 32.8. The lowest BCUT2D eigenvalue weighted by molar-refractivity contribution is 0.0956. The summed E-state index contributed by atoms with van der Waals surface area (Å²) in [5.74, 6) is -2.21. The quantitative estimate of drug-likeness (QED) is 0.163. The minimum atomic E-state index is -4.22. The number of anilines is 2. The fourth-order valence-corrected chi connectivity index (χ4v) is 9.91. The number of aromatic nitrogens is 2. The number of nitrogens with one attached hydrogen (secondary N) is 2. The monoisotopic (exact) mass is 856 g/mol. The first-order valence-corrected chi connectivity index (χ1v) is 22.3. The molecule has 0 spiro atoms. The molecule has 4 aromatic heterocycles. The number of hydrogen-bond acceptors (Lipinski definition) is 10. The van der Waals surface area contributed by atoms with Gasteiger partial charge in [-0.2, -0.15) is 9.97 Å². The van der Waals surface area contributed by atoms with Crippen molar-refractivity contribution in [3.8, 4) is 22.6 Å². The van der Waals surface area contributed by atoms with Crippen LogP contribution in [-0.4, -0.2) is 77.8 Å². The molecule has 14 nitrogen and oxygen atoms in total. The van der Waals surface area contributed by atoms with Gasteiger partial charge in [0.25, 0.3) is 11.8 Å². The van der Waals surface area contributed by atoms with Crippen LogP contribution in [0.1, 0.15) is 58.0 Å². The summed E-state index contributed by atoms with van der Waals surface area (Å²) in [6, 6.07) is 14.0. The smallest absolute Gasteiger partial charge is 0.255 e. The molecule has 60 heavy (non-hydrogen) atoms. The summed E-state index contributed by atoms with van der Waals surface area (Å²) >= 11 is 0. The Labute approximate surface area is 343 Å². The standard InChI is InChI=1S/C42H38F2N6O8S2/c1-23-7-5-19-50(37-29(23)21-31-33(39(51)45-2)35(57-41(31)47-37)25-9-13-27(43)14-10-25)60(55,56)20-17-24-8-6-18-49(59(4,53)54)38-30(24)22-32-34(40(52)46-3)36(58-42(32)48-38)26-11-15-28(44)16-12-26/h7,9-17,21-22H,5-6,8,18-20H2,1-4H3,(H,45,51)(H,46,52)/b24-17-. The number of amides is 2. The number of hydrogen-bond donors (Lipinski definition) is 2. The van der Waals surface area contributed by atoms with Gasteiger partial charge in [0.05, 0.1) is 33.9 Å². The highest BCUT2D eigenvalue weighted by atomic mass is 32.2. The molecule has 6 aromatic rings. The number of fused-ring (bicyclic) bond motifs is 4. The van der Waals surface area contributed by atoms with E-state index in [0.29, 0.717) is 40.5 Å². The van der Waals surface area contributed by atoms with Crippen molar-refractivity contribution >= 4 is 76.8 Å². The van der Waals surface area contributed by atoms with E-state index in [4.69, 9.17) is 13.8 Å². The van der Waals surface area contributed by atoms with E-state index in [1.807, 2.05) is 13.0 Å². The number of carbonyl (C=O) groups excluding carboxylic acids is 2. The van der Waals surface area contributed by atoms with E-state index in [-0.39, 0.29) is 76.2 Å². The Morgan fingerprint density at radius 3 is 1.77 bits per heavy atom. The average Bonchev–Trinajstić information content (AvgIpc) is 3.66. The molecule has 18 heteroatoms. The van der Waals surface area contributed by atoms with Gasteiger partial charge in [-0.15, -0.1) is 0 Å². The van der Waals surface area contributed by atoms with E-state index in [1.165, 1.54) is 73.0 Å². The third-order valence-corrected chi connectivity index (χ3v) is 13.3. The summed E-state index contributed by atoms with van der Waals surface area (Å²) in [5.41, 5.74) is 2.94. The SMILES string of the molecule is CNC(=O)c1c(-c2ccc(F)cc2)oc2nc3c(cc12)/C(=C\CS(=O)(=O)N1CCC=C(C)c2cc4c(C(=O)NC)c(-c5ccc(F)cc5)oc4nc21)CCCN3S(C)(=O)=O. The maximum Gasteiger partial charge on any atom is 0.255 e. The maximum absolute atomic E-state index is 14.5. The van der Waals surface area contributed by atoms with Gasteiger partial charge in [0.2, 0.25) is 31.5 Å². The first-order chi connectivity index (χ1) is 28.6. The molecule has 310 valence electrons. The molecular weight excluding hydrogens is 819 g/mol. The summed E-state index contributed by atoms with van der Waals surface area (Å²) < 4.78 is 97.7. The van der Waals surface area contributed by atoms with Gasteiger partial charge in [0, 0.05) is 49.4 Å². The first-order valence-electron chi connectivity index (χ1n) is 18.9. The average molecular weight is 857 g/mol. The molecule has 0 saturated carbocycles. The third kappa shape index (κ3) is 7.19. The Morgan fingerprint density at radius 1 is 0.767 bits per heavy atom. The molecule has 0 atom stereocenters. The lowest BCUT2D eigenvalue weighted by Crippen LogP contribution is -2.34. The summed E-state index contributed by atoms with van der Waals surface area (Å²) in [5, 5.41) is 5.78. The van der Waals surface area contributed by atoms with E-state index in [9.17, 15) is 35.2 Å². The van der Waals surface area contributed by atoms with E-state index >= 15 is 0 Å². The number of furan rings is 2. The van der Waals surface area contributed by atoms with Crippen molar-refractivity contribution in [2.75, 3.05) is 47.8 Å². The zero-order valence-corrected chi connectivity index (χ0v) is 34.4. The minimum absolute atomic E-state index is 0.000268. The summed E-state index contributed by atoms with van der Waals surface area (Å²) in [6.07, 6.45) is 5.36. The van der Waals surface area contributed by atoms with Crippen molar-refractivity contribution in [1.82, 2.24) is 20.6 Å². The second-order valence-electron chi connectivity index (χ2n) is 14.4. The molecule has 6 heterocycles. The second kappa shape index (κ2) is 15.3. The van der Waals surface area contributed by atoms with E-state index < -0.39 is 49.2 Å². The van der Waals surface area contributed by atoms with Crippen LogP contribution in [0.5, 0.6) is 0 Å². The maximum atomic E-state index is 14.5. The van der Waals surface area contributed by atoms with Crippen LogP contribution in [-0.2, 0) is 20.0 Å². The first kappa shape index (κ1) is 40.4. The predicted molar refractivity (Wildman–Crippen MR) is 224 cm³/mol. The van der Waals surface area contributed by atoms with Gasteiger partial charge in [-0.1, -0.05) is 12.2 Å². The van der Waals surface area contributed by atoms with Crippen LogP contribution in [0.2, 0.25) is 0 Å². The number of halogens is 2. The largest absolute Gasteiger partial charge is 0.437 e. The highest BCUT2D eigenvalue weighted by Crippen LogP contribution is 2.42. The number of pyridine rings is 2. The van der Waals surface area contributed by atoms with Crippen LogP contribution < -0.4 is 19.2 Å². The molecule has 0 bridgehead atoms. The van der Waals surface area contributed by atoms with Crippen LogP contribution in [0.3, 0.4) is 0 Å². The highest BCUT2D eigenvalue weighted by molar-refractivity contribution is 7.93. The number of carbonyl (C=O) groups is 2. The Bertz CT molecular complexity index is 3030. The molecule has 8 rings (SSSR count). The molecule has 2 aliphatic heterocycles. The molecule has 0 aliphatic carbocycles. The molecular formula is C42H38F2N6O8S2. The Hall–Kier alpha value is -6.40. The Morgan fingerprint density at radius 2 is 1.27 bits per heavy atom. The lowest BCUT2D eigenvalue weighted by Gasteiger charge is -2.23. The van der Waals surface area contributed by atoms with Gasteiger partial charge in [-0.25, -0.2) is 25.6 Å². The van der Waals surface area contributed by atoms with E-state index in [2.05, 4.69) is 15.6 Å². The van der Waals surface area contributed by atoms with Crippen molar-refractivity contribution in [3.63, 3.8) is 0 Å². The van der Waals surface area contributed by atoms with Crippen LogP contribution in [0.25, 0.3) is 56.0 Å². The normalized spacial score (nSPS) is 15.4. The van der Waals surface area contributed by atoms with Crippen molar-refractivity contribution in [1.29, 1.82) is 0 Å². The van der Waals surface area contributed by atoms with Gasteiger partial charge in [0.15, 0.2) is 11.6 Å². The molecule has 2 aromatic carbocycles. The van der Waals surface area contributed by atoms with Gasteiger partial charge < -0.3 is 19.5 Å². The molecule has 0 saturated heterocycles. The molecule has 2 aliphatic rings. The summed E-state index contributed by atoms with van der Waals surface area (Å²) in [6.45, 7) is 1.88.